The molecular formula is C24H28N4OS. The second-order valence-corrected chi connectivity index (χ2v) is 8.80. The Hall–Kier alpha value is -2.70. The Labute approximate surface area is 182 Å². The number of benzene rings is 2. The third kappa shape index (κ3) is 5.07. The molecule has 1 saturated heterocycles. The van der Waals surface area contributed by atoms with Crippen molar-refractivity contribution in [3.63, 3.8) is 0 Å². The lowest BCUT2D eigenvalue weighted by Gasteiger charge is -2.35. The minimum absolute atomic E-state index is 0.0714. The van der Waals surface area contributed by atoms with E-state index in [0.717, 1.165) is 56.2 Å². The second-order valence-electron chi connectivity index (χ2n) is 7.99. The van der Waals surface area contributed by atoms with E-state index in [9.17, 15) is 4.79 Å². The van der Waals surface area contributed by atoms with E-state index < -0.39 is 0 Å². The molecule has 0 saturated carbocycles. The molecule has 1 aliphatic rings. The summed E-state index contributed by atoms with van der Waals surface area (Å²) in [6.45, 7) is 8.97. The topological polar surface area (TPSA) is 48.5 Å². The predicted molar refractivity (Wildman–Crippen MR) is 126 cm³/mol. The fourth-order valence-electron chi connectivity index (χ4n) is 3.82. The van der Waals surface area contributed by atoms with Gasteiger partial charge in [-0.25, -0.2) is 0 Å². The molecule has 3 aromatic rings. The van der Waals surface area contributed by atoms with Crippen molar-refractivity contribution in [2.75, 3.05) is 42.9 Å². The van der Waals surface area contributed by atoms with E-state index in [-0.39, 0.29) is 5.91 Å². The van der Waals surface area contributed by atoms with Crippen molar-refractivity contribution in [1.29, 1.82) is 0 Å². The molecule has 0 spiro atoms. The maximum atomic E-state index is 11.9. The molecule has 4 rings (SSSR count). The Kier molecular flexibility index (Phi) is 6.45. The average molecular weight is 421 g/mol. The molecule has 1 aromatic heterocycles. The molecule has 6 heteroatoms. The number of amides is 1. The summed E-state index contributed by atoms with van der Waals surface area (Å²) in [5, 5.41) is 4.21. The molecule has 2 aromatic carbocycles. The normalized spacial score (nSPS) is 14.7. The van der Waals surface area contributed by atoms with Crippen LogP contribution >= 0.6 is 11.5 Å². The van der Waals surface area contributed by atoms with Gasteiger partial charge in [-0.2, -0.15) is 4.37 Å². The number of rotatable bonds is 6. The summed E-state index contributed by atoms with van der Waals surface area (Å²) in [5.74, 6) is 1.06. The number of nitrogens with zero attached hydrogens (tertiary/aromatic N) is 3. The minimum Gasteiger partial charge on any atom is -0.353 e. The van der Waals surface area contributed by atoms with Crippen LogP contribution in [0.5, 0.6) is 0 Å². The molecule has 0 bridgehead atoms. The molecule has 156 valence electrons. The summed E-state index contributed by atoms with van der Waals surface area (Å²) in [6.07, 6.45) is 2.60. The van der Waals surface area contributed by atoms with Gasteiger partial charge in [-0.3, -0.25) is 9.69 Å². The first-order chi connectivity index (χ1) is 14.6. The summed E-state index contributed by atoms with van der Waals surface area (Å²) < 4.78 is 5.96. The Morgan fingerprint density at radius 2 is 1.90 bits per heavy atom. The standard InChI is InChI=1S/C24H28N4OS/c1-18(2)16-23(29)25-20-7-5-6-19(17-20)10-11-27-12-14-28(15-13-27)24-21-8-3-4-9-22(21)30-26-24/h3-9,16-17H,10-15H2,1-2H3,(H,25,29). The van der Waals surface area contributed by atoms with Crippen LogP contribution in [-0.4, -0.2) is 47.9 Å². The molecule has 2 heterocycles. The molecule has 0 unspecified atom stereocenters. The van der Waals surface area contributed by atoms with Gasteiger partial charge in [0, 0.05) is 49.9 Å². The van der Waals surface area contributed by atoms with Crippen LogP contribution in [0.25, 0.3) is 10.1 Å². The second kappa shape index (κ2) is 9.41. The number of fused-ring (bicyclic) bond motifs is 1. The zero-order chi connectivity index (χ0) is 20.9. The number of hydrogen-bond donors (Lipinski definition) is 1. The van der Waals surface area contributed by atoms with E-state index in [4.69, 9.17) is 4.37 Å². The number of nitrogens with one attached hydrogen (secondary N) is 1. The van der Waals surface area contributed by atoms with Crippen LogP contribution in [-0.2, 0) is 11.2 Å². The van der Waals surface area contributed by atoms with E-state index in [2.05, 4.69) is 51.5 Å². The van der Waals surface area contributed by atoms with Crippen molar-refractivity contribution in [3.8, 4) is 0 Å². The first kappa shape index (κ1) is 20.6. The fraction of sp³-hybridized carbons (Fsp3) is 0.333. The van der Waals surface area contributed by atoms with Crippen molar-refractivity contribution < 1.29 is 4.79 Å². The lowest BCUT2D eigenvalue weighted by atomic mass is 10.1. The van der Waals surface area contributed by atoms with Gasteiger partial charge in [0.1, 0.15) is 5.82 Å². The zero-order valence-electron chi connectivity index (χ0n) is 17.6. The summed E-state index contributed by atoms with van der Waals surface area (Å²) in [4.78, 5) is 16.9. The number of anilines is 2. The highest BCUT2D eigenvalue weighted by atomic mass is 32.1. The van der Waals surface area contributed by atoms with Gasteiger partial charge in [0.05, 0.1) is 4.70 Å². The van der Waals surface area contributed by atoms with E-state index >= 15 is 0 Å². The first-order valence-electron chi connectivity index (χ1n) is 10.4. The highest BCUT2D eigenvalue weighted by Crippen LogP contribution is 2.29. The molecule has 1 aliphatic heterocycles. The molecule has 1 N–H and O–H groups in total. The SMILES string of the molecule is CC(C)=CC(=O)Nc1cccc(CCN2CCN(c3nsc4ccccc34)CC2)c1. The summed E-state index contributed by atoms with van der Waals surface area (Å²) in [5.41, 5.74) is 3.10. The third-order valence-electron chi connectivity index (χ3n) is 5.36. The van der Waals surface area contributed by atoms with Gasteiger partial charge in [0.25, 0.3) is 0 Å². The van der Waals surface area contributed by atoms with Gasteiger partial charge in [0.15, 0.2) is 0 Å². The van der Waals surface area contributed by atoms with Gasteiger partial charge in [-0.1, -0.05) is 29.8 Å². The molecule has 5 nitrogen and oxygen atoms in total. The third-order valence-corrected chi connectivity index (χ3v) is 6.18. The van der Waals surface area contributed by atoms with Crippen molar-refractivity contribution >= 4 is 39.0 Å². The Morgan fingerprint density at radius 3 is 2.70 bits per heavy atom. The van der Waals surface area contributed by atoms with Crippen LogP contribution in [0.15, 0.2) is 60.2 Å². The molecule has 1 fully saturated rings. The first-order valence-corrected chi connectivity index (χ1v) is 11.2. The van der Waals surface area contributed by atoms with Gasteiger partial charge in [-0.15, -0.1) is 0 Å². The van der Waals surface area contributed by atoms with Crippen molar-refractivity contribution in [1.82, 2.24) is 9.27 Å². The van der Waals surface area contributed by atoms with E-state index in [1.165, 1.54) is 15.6 Å². The van der Waals surface area contributed by atoms with Gasteiger partial charge in [-0.05, 0) is 61.6 Å². The largest absolute Gasteiger partial charge is 0.353 e. The maximum Gasteiger partial charge on any atom is 0.248 e. The molecular weight excluding hydrogens is 392 g/mol. The number of carbonyl (C=O) groups is 1. The number of carbonyl (C=O) groups excluding carboxylic acids is 1. The minimum atomic E-state index is -0.0714. The number of aromatic nitrogens is 1. The Balaban J connectivity index is 1.29. The van der Waals surface area contributed by atoms with E-state index in [0.29, 0.717) is 0 Å². The monoisotopic (exact) mass is 420 g/mol. The average Bonchev–Trinajstić information content (AvgIpc) is 3.16. The summed E-state index contributed by atoms with van der Waals surface area (Å²) >= 11 is 1.59. The van der Waals surface area contributed by atoms with Gasteiger partial charge < -0.3 is 10.2 Å². The molecule has 1 amide bonds. The maximum absolute atomic E-state index is 11.9. The molecule has 0 radical (unpaired) electrons. The predicted octanol–water partition coefficient (Wildman–Crippen LogP) is 4.57. The summed E-state index contributed by atoms with van der Waals surface area (Å²) in [6, 6.07) is 16.6. The fourth-order valence-corrected chi connectivity index (χ4v) is 4.61. The van der Waals surface area contributed by atoms with Crippen molar-refractivity contribution in [3.05, 3.63) is 65.7 Å². The van der Waals surface area contributed by atoms with Gasteiger partial charge in [0.2, 0.25) is 5.91 Å². The molecule has 30 heavy (non-hydrogen) atoms. The van der Waals surface area contributed by atoms with Crippen LogP contribution < -0.4 is 10.2 Å². The Bertz CT molecular complexity index is 1050. The van der Waals surface area contributed by atoms with E-state index in [1.807, 2.05) is 26.0 Å². The van der Waals surface area contributed by atoms with Crippen molar-refractivity contribution in [2.45, 2.75) is 20.3 Å². The lowest BCUT2D eigenvalue weighted by molar-refractivity contribution is -0.111. The van der Waals surface area contributed by atoms with Crippen LogP contribution in [0, 0.1) is 0 Å². The summed E-state index contributed by atoms with van der Waals surface area (Å²) in [7, 11) is 0. The highest BCUT2D eigenvalue weighted by molar-refractivity contribution is 7.13. The van der Waals surface area contributed by atoms with Crippen molar-refractivity contribution in [2.24, 2.45) is 0 Å². The van der Waals surface area contributed by atoms with Gasteiger partial charge >= 0.3 is 0 Å². The van der Waals surface area contributed by atoms with E-state index in [1.54, 1.807) is 17.6 Å². The van der Waals surface area contributed by atoms with Crippen LogP contribution in [0.3, 0.4) is 0 Å². The Morgan fingerprint density at radius 1 is 1.10 bits per heavy atom. The number of hydrogen-bond acceptors (Lipinski definition) is 5. The van der Waals surface area contributed by atoms with Crippen LogP contribution in [0.1, 0.15) is 19.4 Å². The highest BCUT2D eigenvalue weighted by Gasteiger charge is 2.20. The van der Waals surface area contributed by atoms with Crippen LogP contribution in [0.2, 0.25) is 0 Å². The number of allylic oxidation sites excluding steroid dienone is 1. The zero-order valence-corrected chi connectivity index (χ0v) is 18.4. The quantitative estimate of drug-likeness (QED) is 0.594. The molecule has 0 atom stereocenters. The van der Waals surface area contributed by atoms with Crippen LogP contribution in [0.4, 0.5) is 11.5 Å². The lowest BCUT2D eigenvalue weighted by Crippen LogP contribution is -2.47. The smallest absolute Gasteiger partial charge is 0.248 e. The molecule has 0 aliphatic carbocycles. The number of piperazine rings is 1.